The van der Waals surface area contributed by atoms with Crippen LogP contribution in [0.3, 0.4) is 0 Å². The van der Waals surface area contributed by atoms with Gasteiger partial charge in [-0.25, -0.2) is 9.97 Å². The minimum absolute atomic E-state index is 0.174. The second kappa shape index (κ2) is 8.64. The van der Waals surface area contributed by atoms with Crippen molar-refractivity contribution in [2.75, 3.05) is 23.8 Å². The lowest BCUT2D eigenvalue weighted by atomic mass is 10.1. The normalized spacial score (nSPS) is 10.5. The van der Waals surface area contributed by atoms with Crippen LogP contribution in [-0.4, -0.2) is 29.5 Å². The monoisotopic (exact) mass is 380 g/mol. The summed E-state index contributed by atoms with van der Waals surface area (Å²) in [6.07, 6.45) is 0.807. The lowest BCUT2D eigenvalue weighted by Crippen LogP contribution is -2.27. The van der Waals surface area contributed by atoms with Crippen molar-refractivity contribution >= 4 is 29.1 Å². The predicted molar refractivity (Wildman–Crippen MR) is 110 cm³/mol. The molecule has 0 unspecified atom stereocenters. The molecule has 6 heteroatoms. The summed E-state index contributed by atoms with van der Waals surface area (Å²) in [5.74, 6) is 0.279. The molecule has 0 aliphatic carbocycles. The number of carbonyl (C=O) groups is 1. The summed E-state index contributed by atoms with van der Waals surface area (Å²) >= 11 is 5.90. The van der Waals surface area contributed by atoms with Crippen molar-refractivity contribution in [1.82, 2.24) is 9.97 Å². The third kappa shape index (κ3) is 5.05. The Morgan fingerprint density at radius 3 is 2.48 bits per heavy atom. The quantitative estimate of drug-likeness (QED) is 0.689. The molecule has 0 aliphatic heterocycles. The fraction of sp³-hybridized carbons (Fsp3) is 0.190. The number of halogens is 1. The molecule has 0 bridgehead atoms. The summed E-state index contributed by atoms with van der Waals surface area (Å²) in [4.78, 5) is 23.1. The number of anilines is 2. The zero-order chi connectivity index (χ0) is 19.2. The Balaban J connectivity index is 1.68. The van der Waals surface area contributed by atoms with Crippen LogP contribution in [0.25, 0.3) is 0 Å². The Morgan fingerprint density at radius 2 is 1.78 bits per heavy atom. The van der Waals surface area contributed by atoms with Gasteiger partial charge in [-0.05, 0) is 49.2 Å². The van der Waals surface area contributed by atoms with Gasteiger partial charge in [0.05, 0.1) is 0 Å². The zero-order valence-corrected chi connectivity index (χ0v) is 16.1. The van der Waals surface area contributed by atoms with Gasteiger partial charge in [0.25, 0.3) is 5.91 Å². The maximum absolute atomic E-state index is 12.8. The minimum atomic E-state index is -0.174. The molecule has 5 nitrogen and oxygen atoms in total. The number of para-hydroxylation sites is 1. The maximum atomic E-state index is 12.8. The first kappa shape index (κ1) is 18.9. The summed E-state index contributed by atoms with van der Waals surface area (Å²) in [6.45, 7) is 2.51. The molecule has 3 aromatic rings. The third-order valence-electron chi connectivity index (χ3n) is 4.13. The number of aromatic nitrogens is 2. The average molecular weight is 381 g/mol. The Hall–Kier alpha value is -2.92. The van der Waals surface area contributed by atoms with Crippen molar-refractivity contribution in [3.63, 3.8) is 0 Å². The third-order valence-corrected chi connectivity index (χ3v) is 4.38. The number of benzene rings is 2. The topological polar surface area (TPSA) is 58.1 Å². The van der Waals surface area contributed by atoms with Gasteiger partial charge >= 0.3 is 0 Å². The molecule has 1 heterocycles. The van der Waals surface area contributed by atoms with E-state index in [2.05, 4.69) is 15.3 Å². The van der Waals surface area contributed by atoms with Gasteiger partial charge in [-0.2, -0.15) is 0 Å². The lowest BCUT2D eigenvalue weighted by molar-refractivity contribution is 0.0988. The SMILES string of the molecule is Cc1cc(C(=O)N(C)c2ccccc2)nc(NCCc2ccc(Cl)cc2)n1. The van der Waals surface area contributed by atoms with E-state index in [1.54, 1.807) is 18.0 Å². The van der Waals surface area contributed by atoms with Gasteiger partial charge in [-0.3, -0.25) is 4.79 Å². The second-order valence-electron chi connectivity index (χ2n) is 6.22. The highest BCUT2D eigenvalue weighted by atomic mass is 35.5. The van der Waals surface area contributed by atoms with E-state index < -0.39 is 0 Å². The van der Waals surface area contributed by atoms with Gasteiger partial charge in [0.2, 0.25) is 5.95 Å². The van der Waals surface area contributed by atoms with Gasteiger partial charge < -0.3 is 10.2 Å². The standard InChI is InChI=1S/C21H21ClN4O/c1-15-14-19(20(27)26(2)18-6-4-3-5-7-18)25-21(24-15)23-13-12-16-8-10-17(22)11-9-16/h3-11,14H,12-13H2,1-2H3,(H,23,24,25). The van der Waals surface area contributed by atoms with E-state index in [-0.39, 0.29) is 5.91 Å². The number of nitrogens with zero attached hydrogens (tertiary/aromatic N) is 3. The van der Waals surface area contributed by atoms with E-state index in [0.29, 0.717) is 18.2 Å². The molecule has 0 radical (unpaired) electrons. The van der Waals surface area contributed by atoms with Crippen LogP contribution < -0.4 is 10.2 Å². The summed E-state index contributed by atoms with van der Waals surface area (Å²) in [6, 6.07) is 18.9. The fourth-order valence-electron chi connectivity index (χ4n) is 2.67. The number of hydrogen-bond acceptors (Lipinski definition) is 4. The van der Waals surface area contributed by atoms with Gasteiger partial charge in [-0.15, -0.1) is 0 Å². The average Bonchev–Trinajstić information content (AvgIpc) is 2.68. The van der Waals surface area contributed by atoms with Gasteiger partial charge in [0, 0.05) is 30.0 Å². The predicted octanol–water partition coefficient (Wildman–Crippen LogP) is 4.37. The van der Waals surface area contributed by atoms with Crippen molar-refractivity contribution in [2.45, 2.75) is 13.3 Å². The molecular weight excluding hydrogens is 360 g/mol. The molecular formula is C21H21ClN4O. The highest BCUT2D eigenvalue weighted by molar-refractivity contribution is 6.30. The Kier molecular flexibility index (Phi) is 6.04. The molecule has 0 fully saturated rings. The molecule has 0 saturated carbocycles. The Labute approximate surface area is 164 Å². The van der Waals surface area contributed by atoms with Crippen LogP contribution in [0, 0.1) is 6.92 Å². The first-order valence-corrected chi connectivity index (χ1v) is 9.08. The van der Waals surface area contributed by atoms with E-state index in [9.17, 15) is 4.79 Å². The molecule has 1 amide bonds. The fourth-order valence-corrected chi connectivity index (χ4v) is 2.79. The maximum Gasteiger partial charge on any atom is 0.276 e. The van der Waals surface area contributed by atoms with Crippen molar-refractivity contribution in [3.8, 4) is 0 Å². The number of rotatable bonds is 6. The first-order valence-electron chi connectivity index (χ1n) is 8.70. The van der Waals surface area contributed by atoms with E-state index in [4.69, 9.17) is 11.6 Å². The van der Waals surface area contributed by atoms with Gasteiger partial charge in [-0.1, -0.05) is 41.9 Å². The molecule has 1 N–H and O–H groups in total. The summed E-state index contributed by atoms with van der Waals surface area (Å²) in [5, 5.41) is 3.92. The number of nitrogens with one attached hydrogen (secondary N) is 1. The van der Waals surface area contributed by atoms with Crippen LogP contribution in [0.15, 0.2) is 60.7 Å². The molecule has 2 aromatic carbocycles. The number of aryl methyl sites for hydroxylation is 1. The van der Waals surface area contributed by atoms with E-state index >= 15 is 0 Å². The van der Waals surface area contributed by atoms with Gasteiger partial charge in [0.15, 0.2) is 0 Å². The second-order valence-corrected chi connectivity index (χ2v) is 6.66. The van der Waals surface area contributed by atoms with Crippen LogP contribution >= 0.6 is 11.6 Å². The van der Waals surface area contributed by atoms with Crippen LogP contribution in [0.1, 0.15) is 21.7 Å². The minimum Gasteiger partial charge on any atom is -0.354 e. The van der Waals surface area contributed by atoms with Gasteiger partial charge in [0.1, 0.15) is 5.69 Å². The van der Waals surface area contributed by atoms with E-state index in [0.717, 1.165) is 22.8 Å². The van der Waals surface area contributed by atoms with Crippen molar-refractivity contribution in [1.29, 1.82) is 0 Å². The van der Waals surface area contributed by atoms with Crippen molar-refractivity contribution in [2.24, 2.45) is 0 Å². The first-order chi connectivity index (χ1) is 13.0. The lowest BCUT2D eigenvalue weighted by Gasteiger charge is -2.17. The summed E-state index contributed by atoms with van der Waals surface area (Å²) in [7, 11) is 1.74. The Morgan fingerprint density at radius 1 is 1.07 bits per heavy atom. The molecule has 0 aliphatic rings. The molecule has 0 atom stereocenters. The smallest absolute Gasteiger partial charge is 0.276 e. The molecule has 138 valence electrons. The highest BCUT2D eigenvalue weighted by Crippen LogP contribution is 2.15. The van der Waals surface area contributed by atoms with Crippen LogP contribution in [0.2, 0.25) is 5.02 Å². The molecule has 0 saturated heterocycles. The van der Waals surface area contributed by atoms with Crippen LogP contribution in [-0.2, 0) is 6.42 Å². The van der Waals surface area contributed by atoms with Crippen LogP contribution in [0.5, 0.6) is 0 Å². The number of amides is 1. The zero-order valence-electron chi connectivity index (χ0n) is 15.3. The molecule has 0 spiro atoms. The van der Waals surface area contributed by atoms with E-state index in [1.807, 2.05) is 61.5 Å². The Bertz CT molecular complexity index is 913. The molecule has 27 heavy (non-hydrogen) atoms. The number of carbonyl (C=O) groups excluding carboxylic acids is 1. The van der Waals surface area contributed by atoms with E-state index in [1.165, 1.54) is 5.56 Å². The highest BCUT2D eigenvalue weighted by Gasteiger charge is 2.16. The molecule has 3 rings (SSSR count). The summed E-state index contributed by atoms with van der Waals surface area (Å²) < 4.78 is 0. The summed E-state index contributed by atoms with van der Waals surface area (Å²) in [5.41, 5.74) is 3.09. The van der Waals surface area contributed by atoms with Crippen molar-refractivity contribution < 1.29 is 4.79 Å². The number of hydrogen-bond donors (Lipinski definition) is 1. The van der Waals surface area contributed by atoms with Crippen LogP contribution in [0.4, 0.5) is 11.6 Å². The molecule has 1 aromatic heterocycles. The largest absolute Gasteiger partial charge is 0.354 e. The van der Waals surface area contributed by atoms with Crippen molar-refractivity contribution in [3.05, 3.63) is 82.6 Å².